The number of benzene rings is 1. The third-order valence-corrected chi connectivity index (χ3v) is 4.57. The van der Waals surface area contributed by atoms with Gasteiger partial charge in [0.25, 0.3) is 15.0 Å². The monoisotopic (exact) mass is 333 g/mol. The Kier molecular flexibility index (Phi) is 4.73. The third-order valence-electron chi connectivity index (χ3n) is 3.02. The summed E-state index contributed by atoms with van der Waals surface area (Å²) in [5.74, 6) is -0.352. The lowest BCUT2D eigenvalue weighted by Crippen LogP contribution is -2.35. The normalized spacial score (nSPS) is 18.8. The van der Waals surface area contributed by atoms with E-state index >= 15 is 0 Å². The van der Waals surface area contributed by atoms with E-state index in [1.54, 1.807) is 0 Å². The van der Waals surface area contributed by atoms with Crippen molar-refractivity contribution in [2.45, 2.75) is 30.2 Å². The molecular weight excluding hydrogens is 321 g/mol. The van der Waals surface area contributed by atoms with Crippen molar-refractivity contribution in [3.63, 3.8) is 0 Å². The van der Waals surface area contributed by atoms with E-state index in [4.69, 9.17) is 22.3 Å². The number of carbonyl (C=O) groups is 1. The van der Waals surface area contributed by atoms with Crippen LogP contribution in [0.3, 0.4) is 0 Å². The van der Waals surface area contributed by atoms with Gasteiger partial charge in [0, 0.05) is 27.3 Å². The summed E-state index contributed by atoms with van der Waals surface area (Å²) in [6.07, 6.45) is 6.64. The number of carbonyl (C=O) groups excluding carboxylic acids is 1. The first-order valence-electron chi connectivity index (χ1n) is 6.07. The van der Waals surface area contributed by atoms with Crippen LogP contribution < -0.4 is 5.32 Å². The van der Waals surface area contributed by atoms with Gasteiger partial charge in [0.15, 0.2) is 0 Å². The molecule has 1 atom stereocenters. The Morgan fingerprint density at radius 1 is 1.25 bits per heavy atom. The van der Waals surface area contributed by atoms with Gasteiger partial charge in [0.05, 0.1) is 4.90 Å². The molecule has 0 radical (unpaired) electrons. The maximum atomic E-state index is 12.1. The number of nitrogens with one attached hydrogen (secondary N) is 1. The number of hydrogen-bond acceptors (Lipinski definition) is 3. The zero-order valence-electron chi connectivity index (χ0n) is 10.5. The summed E-state index contributed by atoms with van der Waals surface area (Å²) in [5.41, 5.74) is 0.186. The van der Waals surface area contributed by atoms with Crippen molar-refractivity contribution in [1.82, 2.24) is 5.32 Å². The Morgan fingerprint density at radius 3 is 2.60 bits per heavy atom. The average Bonchev–Trinajstić information content (AvgIpc) is 2.38. The van der Waals surface area contributed by atoms with Gasteiger partial charge in [0.1, 0.15) is 0 Å². The molecule has 1 amide bonds. The number of amides is 1. The molecule has 1 aliphatic rings. The van der Waals surface area contributed by atoms with Gasteiger partial charge in [-0.3, -0.25) is 4.79 Å². The largest absolute Gasteiger partial charge is 0.349 e. The number of hydrogen-bond donors (Lipinski definition) is 1. The van der Waals surface area contributed by atoms with E-state index in [1.807, 2.05) is 6.08 Å². The molecule has 0 saturated heterocycles. The first-order chi connectivity index (χ1) is 9.36. The fraction of sp³-hybridized carbons (Fsp3) is 0.308. The molecule has 0 heterocycles. The minimum absolute atomic E-state index is 0.0579. The maximum Gasteiger partial charge on any atom is 0.261 e. The summed E-state index contributed by atoms with van der Waals surface area (Å²) in [6.45, 7) is 0. The molecule has 0 aromatic heterocycles. The minimum Gasteiger partial charge on any atom is -0.349 e. The lowest BCUT2D eigenvalue weighted by atomic mass is 10.0. The second-order valence-electron chi connectivity index (χ2n) is 4.57. The van der Waals surface area contributed by atoms with E-state index in [2.05, 4.69) is 11.4 Å². The predicted molar refractivity (Wildman–Crippen MR) is 78.7 cm³/mol. The zero-order valence-corrected chi connectivity index (χ0v) is 12.8. The fourth-order valence-electron chi connectivity index (χ4n) is 2.03. The van der Waals surface area contributed by atoms with Crippen molar-refractivity contribution in [3.8, 4) is 0 Å². The summed E-state index contributed by atoms with van der Waals surface area (Å²) in [4.78, 5) is 11.9. The molecule has 4 nitrogen and oxygen atoms in total. The Bertz CT molecular complexity index is 656. The number of allylic oxidation sites excluding steroid dienone is 1. The Labute approximate surface area is 127 Å². The molecule has 1 aromatic carbocycles. The van der Waals surface area contributed by atoms with Crippen LogP contribution in [-0.2, 0) is 9.05 Å². The molecule has 1 aliphatic carbocycles. The number of halogens is 2. The van der Waals surface area contributed by atoms with Gasteiger partial charge in [-0.2, -0.15) is 0 Å². The summed E-state index contributed by atoms with van der Waals surface area (Å²) in [7, 11) is 1.35. The highest BCUT2D eigenvalue weighted by Gasteiger charge is 2.18. The summed E-state index contributed by atoms with van der Waals surface area (Å²) >= 11 is 5.83. The van der Waals surface area contributed by atoms with Gasteiger partial charge in [0.2, 0.25) is 0 Å². The van der Waals surface area contributed by atoms with Crippen molar-refractivity contribution in [2.24, 2.45) is 0 Å². The molecule has 0 aliphatic heterocycles. The SMILES string of the molecule is O=C(NC1CC=CCC1)c1cc(Cl)cc(S(=O)(=O)Cl)c1. The highest BCUT2D eigenvalue weighted by atomic mass is 35.7. The molecule has 20 heavy (non-hydrogen) atoms. The minimum atomic E-state index is -3.92. The van der Waals surface area contributed by atoms with Gasteiger partial charge >= 0.3 is 0 Å². The van der Waals surface area contributed by atoms with Crippen molar-refractivity contribution in [3.05, 3.63) is 40.9 Å². The van der Waals surface area contributed by atoms with Crippen LogP contribution in [0.5, 0.6) is 0 Å². The van der Waals surface area contributed by atoms with Crippen LogP contribution in [0.1, 0.15) is 29.6 Å². The number of rotatable bonds is 3. The van der Waals surface area contributed by atoms with Crippen LogP contribution in [0.15, 0.2) is 35.2 Å². The van der Waals surface area contributed by atoms with Gasteiger partial charge < -0.3 is 5.32 Å². The van der Waals surface area contributed by atoms with Crippen LogP contribution in [0.4, 0.5) is 0 Å². The summed E-state index contributed by atoms with van der Waals surface area (Å²) < 4.78 is 22.6. The average molecular weight is 334 g/mol. The van der Waals surface area contributed by atoms with E-state index in [0.29, 0.717) is 0 Å². The molecule has 108 valence electrons. The van der Waals surface area contributed by atoms with Crippen LogP contribution in [-0.4, -0.2) is 20.4 Å². The Balaban J connectivity index is 2.21. The first-order valence-corrected chi connectivity index (χ1v) is 8.76. The molecule has 0 bridgehead atoms. The Hall–Kier alpha value is -1.04. The van der Waals surface area contributed by atoms with Gasteiger partial charge in [-0.05, 0) is 37.5 Å². The Morgan fingerprint density at radius 2 is 2.00 bits per heavy atom. The molecule has 1 aromatic rings. The molecule has 1 unspecified atom stereocenters. The van der Waals surface area contributed by atoms with E-state index in [1.165, 1.54) is 18.2 Å². The lowest BCUT2D eigenvalue weighted by Gasteiger charge is -2.19. The van der Waals surface area contributed by atoms with Crippen LogP contribution in [0, 0.1) is 0 Å². The predicted octanol–water partition coefficient (Wildman–Crippen LogP) is 3.11. The molecule has 1 N–H and O–H groups in total. The van der Waals surface area contributed by atoms with E-state index in [9.17, 15) is 13.2 Å². The zero-order chi connectivity index (χ0) is 14.8. The standard InChI is InChI=1S/C13H13Cl2NO3S/c14-10-6-9(7-12(8-10)20(15,18)19)13(17)16-11-4-2-1-3-5-11/h1-2,6-8,11H,3-5H2,(H,16,17). The van der Waals surface area contributed by atoms with Crippen LogP contribution in [0.2, 0.25) is 5.02 Å². The fourth-order valence-corrected chi connectivity index (χ4v) is 3.13. The molecule has 0 saturated carbocycles. The van der Waals surface area contributed by atoms with Crippen LogP contribution >= 0.6 is 22.3 Å². The molecule has 7 heteroatoms. The van der Waals surface area contributed by atoms with Gasteiger partial charge in [-0.15, -0.1) is 0 Å². The molecule has 0 fully saturated rings. The first kappa shape index (κ1) is 15.4. The van der Waals surface area contributed by atoms with Gasteiger partial charge in [-0.25, -0.2) is 8.42 Å². The third kappa shape index (κ3) is 3.98. The van der Waals surface area contributed by atoms with Gasteiger partial charge in [-0.1, -0.05) is 23.8 Å². The van der Waals surface area contributed by atoms with Crippen molar-refractivity contribution < 1.29 is 13.2 Å². The molecule has 0 spiro atoms. The van der Waals surface area contributed by atoms with Crippen molar-refractivity contribution in [2.75, 3.05) is 0 Å². The van der Waals surface area contributed by atoms with Crippen molar-refractivity contribution >= 4 is 37.2 Å². The van der Waals surface area contributed by atoms with E-state index < -0.39 is 9.05 Å². The molecule has 2 rings (SSSR count). The topological polar surface area (TPSA) is 63.2 Å². The van der Waals surface area contributed by atoms with Crippen molar-refractivity contribution in [1.29, 1.82) is 0 Å². The lowest BCUT2D eigenvalue weighted by molar-refractivity contribution is 0.0934. The second-order valence-corrected chi connectivity index (χ2v) is 7.57. The smallest absolute Gasteiger partial charge is 0.261 e. The van der Waals surface area contributed by atoms with E-state index in [-0.39, 0.29) is 27.4 Å². The highest BCUT2D eigenvalue weighted by molar-refractivity contribution is 8.13. The quantitative estimate of drug-likeness (QED) is 0.682. The summed E-state index contributed by atoms with van der Waals surface area (Å²) in [5, 5.41) is 3.01. The highest BCUT2D eigenvalue weighted by Crippen LogP contribution is 2.22. The molecular formula is C13H13Cl2NO3S. The second kappa shape index (κ2) is 6.16. The maximum absolute atomic E-state index is 12.1. The van der Waals surface area contributed by atoms with Crippen LogP contribution in [0.25, 0.3) is 0 Å². The van der Waals surface area contributed by atoms with E-state index in [0.717, 1.165) is 19.3 Å². The summed E-state index contributed by atoms with van der Waals surface area (Å²) in [6, 6.07) is 3.91.